The molecule has 240 valence electrons. The predicted molar refractivity (Wildman–Crippen MR) is 164 cm³/mol. The quantitative estimate of drug-likeness (QED) is 0.0452. The van der Waals surface area contributed by atoms with Gasteiger partial charge in [0.1, 0.15) is 6.10 Å². The molecule has 0 rings (SSSR count). The number of esters is 1. The van der Waals surface area contributed by atoms with Crippen molar-refractivity contribution in [3.63, 3.8) is 0 Å². The van der Waals surface area contributed by atoms with E-state index < -0.39 is 13.9 Å². The molecule has 0 spiro atoms. The summed E-state index contributed by atoms with van der Waals surface area (Å²) in [6, 6.07) is 0. The molecular formula is C31H64NO7P. The highest BCUT2D eigenvalue weighted by molar-refractivity contribution is 7.47. The molecule has 0 bridgehead atoms. The van der Waals surface area contributed by atoms with Crippen LogP contribution < -0.4 is 5.73 Å². The third-order valence-electron chi connectivity index (χ3n) is 7.02. The molecule has 0 aliphatic rings. The van der Waals surface area contributed by atoms with Crippen LogP contribution in [0.4, 0.5) is 0 Å². The van der Waals surface area contributed by atoms with Crippen LogP contribution in [-0.4, -0.2) is 49.9 Å². The van der Waals surface area contributed by atoms with E-state index >= 15 is 0 Å². The summed E-state index contributed by atoms with van der Waals surface area (Å²) >= 11 is 0. The zero-order valence-electron chi connectivity index (χ0n) is 26.1. The second kappa shape index (κ2) is 30.0. The molecule has 2 atom stereocenters. The predicted octanol–water partition coefficient (Wildman–Crippen LogP) is 8.63. The smallest absolute Gasteiger partial charge is 0.457 e. The standard InChI is InChI=1S/C31H64NO7P/c1-3-5-7-9-10-11-12-13-14-15-16-17-18-19-21-23-26-36-28-30(29-38-40(34,35)37-27-25-32)39-31(33)24-22-20-8-6-4-2/h30H,3-29,32H2,1-2H3,(H,34,35). The SMILES string of the molecule is CCCCCCCCCCCCCCCCCCOCC(COP(=O)(O)OCCN)OC(=O)CCCCCCC. The molecule has 40 heavy (non-hydrogen) atoms. The molecule has 0 aliphatic heterocycles. The van der Waals surface area contributed by atoms with Crippen molar-refractivity contribution in [1.29, 1.82) is 0 Å². The largest absolute Gasteiger partial charge is 0.472 e. The molecule has 0 radical (unpaired) electrons. The Labute approximate surface area is 246 Å². The van der Waals surface area contributed by atoms with Gasteiger partial charge in [-0.15, -0.1) is 0 Å². The van der Waals surface area contributed by atoms with Gasteiger partial charge in [0.2, 0.25) is 0 Å². The van der Waals surface area contributed by atoms with Crippen LogP contribution in [0.15, 0.2) is 0 Å². The minimum Gasteiger partial charge on any atom is -0.457 e. The van der Waals surface area contributed by atoms with Crippen molar-refractivity contribution in [2.45, 2.75) is 161 Å². The minimum absolute atomic E-state index is 0.0915. The first-order valence-electron chi connectivity index (χ1n) is 16.5. The number of hydrogen-bond donors (Lipinski definition) is 2. The normalized spacial score (nSPS) is 13.8. The number of rotatable bonds is 32. The van der Waals surface area contributed by atoms with Crippen molar-refractivity contribution in [2.24, 2.45) is 5.73 Å². The van der Waals surface area contributed by atoms with E-state index in [1.54, 1.807) is 0 Å². The van der Waals surface area contributed by atoms with Gasteiger partial charge < -0.3 is 20.1 Å². The van der Waals surface area contributed by atoms with Gasteiger partial charge in [0.05, 0.1) is 19.8 Å². The number of phosphoric acid groups is 1. The monoisotopic (exact) mass is 593 g/mol. The van der Waals surface area contributed by atoms with Gasteiger partial charge in [0.15, 0.2) is 0 Å². The molecule has 2 unspecified atom stereocenters. The van der Waals surface area contributed by atoms with Crippen LogP contribution in [0.3, 0.4) is 0 Å². The fourth-order valence-corrected chi connectivity index (χ4v) is 5.35. The van der Waals surface area contributed by atoms with Crippen LogP contribution >= 0.6 is 7.82 Å². The Balaban J connectivity index is 3.93. The first-order chi connectivity index (χ1) is 19.4. The van der Waals surface area contributed by atoms with Gasteiger partial charge in [-0.3, -0.25) is 13.8 Å². The van der Waals surface area contributed by atoms with Crippen LogP contribution in [0.1, 0.15) is 155 Å². The fraction of sp³-hybridized carbons (Fsp3) is 0.968. The summed E-state index contributed by atoms with van der Waals surface area (Å²) in [4.78, 5) is 22.0. The molecule has 0 fully saturated rings. The summed E-state index contributed by atoms with van der Waals surface area (Å²) in [6.07, 6.45) is 25.8. The van der Waals surface area contributed by atoms with Crippen LogP contribution in [0.2, 0.25) is 0 Å². The van der Waals surface area contributed by atoms with Crippen molar-refractivity contribution >= 4 is 13.8 Å². The van der Waals surface area contributed by atoms with E-state index in [-0.39, 0.29) is 32.3 Å². The maximum Gasteiger partial charge on any atom is 0.472 e. The van der Waals surface area contributed by atoms with Gasteiger partial charge in [-0.25, -0.2) is 4.57 Å². The van der Waals surface area contributed by atoms with Gasteiger partial charge in [-0.2, -0.15) is 0 Å². The number of nitrogens with two attached hydrogens (primary N) is 1. The summed E-state index contributed by atoms with van der Waals surface area (Å²) in [6.45, 7) is 4.85. The lowest BCUT2D eigenvalue weighted by atomic mass is 10.0. The lowest BCUT2D eigenvalue weighted by Crippen LogP contribution is -2.28. The Morgan fingerprint density at radius 3 is 1.57 bits per heavy atom. The van der Waals surface area contributed by atoms with Crippen LogP contribution in [0, 0.1) is 0 Å². The van der Waals surface area contributed by atoms with Gasteiger partial charge >= 0.3 is 13.8 Å². The summed E-state index contributed by atoms with van der Waals surface area (Å²) in [5.41, 5.74) is 5.31. The average molecular weight is 594 g/mol. The molecule has 0 amide bonds. The van der Waals surface area contributed by atoms with Crippen LogP contribution in [-0.2, 0) is 27.9 Å². The molecule has 0 saturated heterocycles. The molecule has 0 aliphatic carbocycles. The minimum atomic E-state index is -4.25. The van der Waals surface area contributed by atoms with Gasteiger partial charge in [0, 0.05) is 19.6 Å². The molecule has 0 aromatic rings. The number of carbonyl (C=O) groups excluding carboxylic acids is 1. The Hall–Kier alpha value is -0.500. The highest BCUT2D eigenvalue weighted by atomic mass is 31.2. The number of hydrogen-bond acceptors (Lipinski definition) is 7. The average Bonchev–Trinajstić information content (AvgIpc) is 2.94. The lowest BCUT2D eigenvalue weighted by molar-refractivity contribution is -0.154. The Bertz CT molecular complexity index is 594. The van der Waals surface area contributed by atoms with E-state index in [1.807, 2.05) is 0 Å². The fourth-order valence-electron chi connectivity index (χ4n) is 4.58. The van der Waals surface area contributed by atoms with Gasteiger partial charge in [-0.1, -0.05) is 136 Å². The van der Waals surface area contributed by atoms with E-state index in [4.69, 9.17) is 24.3 Å². The molecule has 0 heterocycles. The van der Waals surface area contributed by atoms with Crippen molar-refractivity contribution in [1.82, 2.24) is 0 Å². The highest BCUT2D eigenvalue weighted by Gasteiger charge is 2.25. The van der Waals surface area contributed by atoms with Crippen LogP contribution in [0.5, 0.6) is 0 Å². The van der Waals surface area contributed by atoms with E-state index in [0.717, 1.165) is 44.9 Å². The Morgan fingerprint density at radius 1 is 0.650 bits per heavy atom. The van der Waals surface area contributed by atoms with E-state index in [9.17, 15) is 14.3 Å². The molecule has 8 nitrogen and oxygen atoms in total. The van der Waals surface area contributed by atoms with Gasteiger partial charge in [-0.05, 0) is 12.8 Å². The summed E-state index contributed by atoms with van der Waals surface area (Å²) in [5, 5.41) is 0. The second-order valence-electron chi connectivity index (χ2n) is 11.0. The van der Waals surface area contributed by atoms with Gasteiger partial charge in [0.25, 0.3) is 0 Å². The van der Waals surface area contributed by atoms with E-state index in [0.29, 0.717) is 13.0 Å². The van der Waals surface area contributed by atoms with Crippen molar-refractivity contribution < 1.29 is 32.8 Å². The van der Waals surface area contributed by atoms with E-state index in [2.05, 4.69) is 13.8 Å². The number of ether oxygens (including phenoxy) is 2. The highest BCUT2D eigenvalue weighted by Crippen LogP contribution is 2.43. The van der Waals surface area contributed by atoms with Crippen molar-refractivity contribution in [3.05, 3.63) is 0 Å². The molecule has 0 aromatic heterocycles. The molecule has 0 saturated carbocycles. The topological polar surface area (TPSA) is 117 Å². The second-order valence-corrected chi connectivity index (χ2v) is 12.5. The van der Waals surface area contributed by atoms with E-state index in [1.165, 1.54) is 89.9 Å². The first kappa shape index (κ1) is 39.5. The van der Waals surface area contributed by atoms with Crippen LogP contribution in [0.25, 0.3) is 0 Å². The summed E-state index contributed by atoms with van der Waals surface area (Å²) in [5.74, 6) is -0.341. The Morgan fingerprint density at radius 2 is 1.10 bits per heavy atom. The lowest BCUT2D eigenvalue weighted by Gasteiger charge is -2.20. The molecule has 3 N–H and O–H groups in total. The number of unbranched alkanes of at least 4 members (excludes halogenated alkanes) is 19. The molecule has 9 heteroatoms. The summed E-state index contributed by atoms with van der Waals surface area (Å²) in [7, 11) is -4.25. The van der Waals surface area contributed by atoms with Crippen molar-refractivity contribution in [3.8, 4) is 0 Å². The number of carbonyl (C=O) groups is 1. The zero-order chi connectivity index (χ0) is 29.6. The van der Waals surface area contributed by atoms with Crippen molar-refractivity contribution in [2.75, 3.05) is 33.0 Å². The first-order valence-corrected chi connectivity index (χ1v) is 18.0. The summed E-state index contributed by atoms with van der Waals surface area (Å²) < 4.78 is 32.9. The molecule has 0 aromatic carbocycles. The maximum absolute atomic E-state index is 12.3. The molecular weight excluding hydrogens is 529 g/mol. The Kier molecular flexibility index (Phi) is 29.6. The maximum atomic E-state index is 12.3. The third-order valence-corrected chi connectivity index (χ3v) is 8.01. The zero-order valence-corrected chi connectivity index (χ0v) is 27.0. The number of phosphoric ester groups is 1. The third kappa shape index (κ3) is 29.0.